The molecule has 6 heteroatoms. The van der Waals surface area contributed by atoms with Crippen LogP contribution < -0.4 is 10.2 Å². The van der Waals surface area contributed by atoms with Crippen molar-refractivity contribution in [2.24, 2.45) is 5.92 Å². The largest absolute Gasteiger partial charge is 0.383 e. The molecule has 100 valence electrons. The molecule has 1 aliphatic heterocycles. The Kier molecular flexibility index (Phi) is 4.69. The molecule has 18 heavy (non-hydrogen) atoms. The maximum Gasteiger partial charge on any atom is 0.247 e. The van der Waals surface area contributed by atoms with Crippen molar-refractivity contribution in [3.05, 3.63) is 6.20 Å². The number of aromatic nitrogens is 3. The number of piperidine rings is 1. The van der Waals surface area contributed by atoms with Crippen LogP contribution in [0.4, 0.5) is 11.8 Å². The highest BCUT2D eigenvalue weighted by atomic mass is 16.5. The SMILES string of the molecule is COCCNc1cnnc(N2CCC(C)CC2)n1. The van der Waals surface area contributed by atoms with E-state index in [1.54, 1.807) is 13.3 Å². The van der Waals surface area contributed by atoms with Gasteiger partial charge in [0.05, 0.1) is 12.8 Å². The fourth-order valence-corrected chi connectivity index (χ4v) is 2.00. The molecule has 2 heterocycles. The van der Waals surface area contributed by atoms with Gasteiger partial charge < -0.3 is 15.0 Å². The van der Waals surface area contributed by atoms with Gasteiger partial charge in [-0.25, -0.2) is 0 Å². The van der Waals surface area contributed by atoms with Crippen LogP contribution >= 0.6 is 0 Å². The van der Waals surface area contributed by atoms with Crippen LogP contribution in [0.3, 0.4) is 0 Å². The molecule has 0 amide bonds. The highest BCUT2D eigenvalue weighted by Gasteiger charge is 2.18. The number of methoxy groups -OCH3 is 1. The van der Waals surface area contributed by atoms with Gasteiger partial charge in [-0.05, 0) is 18.8 Å². The zero-order chi connectivity index (χ0) is 12.8. The average molecular weight is 251 g/mol. The van der Waals surface area contributed by atoms with E-state index in [1.807, 2.05) is 0 Å². The normalized spacial score (nSPS) is 16.9. The molecular weight excluding hydrogens is 230 g/mol. The van der Waals surface area contributed by atoms with Crippen LogP contribution in [-0.2, 0) is 4.74 Å². The van der Waals surface area contributed by atoms with Gasteiger partial charge in [0.25, 0.3) is 0 Å². The third-order valence-electron chi connectivity index (χ3n) is 3.23. The van der Waals surface area contributed by atoms with Crippen molar-refractivity contribution in [1.82, 2.24) is 15.2 Å². The number of nitrogens with one attached hydrogen (secondary N) is 1. The molecule has 6 nitrogen and oxygen atoms in total. The van der Waals surface area contributed by atoms with Crippen molar-refractivity contribution in [2.75, 3.05) is 43.6 Å². The molecule has 0 radical (unpaired) electrons. The maximum absolute atomic E-state index is 4.99. The second-order valence-corrected chi connectivity index (χ2v) is 4.73. The van der Waals surface area contributed by atoms with Gasteiger partial charge in [-0.1, -0.05) is 6.92 Å². The lowest BCUT2D eigenvalue weighted by atomic mass is 10.00. The monoisotopic (exact) mass is 251 g/mol. The minimum Gasteiger partial charge on any atom is -0.383 e. The van der Waals surface area contributed by atoms with Crippen LogP contribution in [-0.4, -0.2) is 48.5 Å². The van der Waals surface area contributed by atoms with Crippen molar-refractivity contribution in [2.45, 2.75) is 19.8 Å². The predicted octanol–water partition coefficient (Wildman–Crippen LogP) is 1.17. The Morgan fingerprint density at radius 2 is 2.22 bits per heavy atom. The van der Waals surface area contributed by atoms with Gasteiger partial charge in [-0.15, -0.1) is 5.10 Å². The summed E-state index contributed by atoms with van der Waals surface area (Å²) in [5.74, 6) is 2.29. The molecule has 0 aromatic carbocycles. The first kappa shape index (κ1) is 13.0. The Labute approximate surface area is 108 Å². The van der Waals surface area contributed by atoms with Crippen LogP contribution in [0.5, 0.6) is 0 Å². The molecule has 0 aliphatic carbocycles. The molecule has 1 aromatic rings. The summed E-state index contributed by atoms with van der Waals surface area (Å²) in [4.78, 5) is 6.68. The van der Waals surface area contributed by atoms with E-state index in [9.17, 15) is 0 Å². The lowest BCUT2D eigenvalue weighted by Gasteiger charge is -2.29. The number of hydrogen-bond donors (Lipinski definition) is 1. The summed E-state index contributed by atoms with van der Waals surface area (Å²) < 4.78 is 4.99. The second kappa shape index (κ2) is 6.49. The summed E-state index contributed by atoms with van der Waals surface area (Å²) in [7, 11) is 1.68. The molecule has 1 aromatic heterocycles. The van der Waals surface area contributed by atoms with E-state index in [4.69, 9.17) is 4.74 Å². The quantitative estimate of drug-likeness (QED) is 0.792. The summed E-state index contributed by atoms with van der Waals surface area (Å²) in [6.45, 7) is 5.71. The van der Waals surface area contributed by atoms with E-state index in [-0.39, 0.29) is 0 Å². The minimum absolute atomic E-state index is 0.653. The van der Waals surface area contributed by atoms with Gasteiger partial charge in [0, 0.05) is 26.7 Å². The Hall–Kier alpha value is -1.43. The fraction of sp³-hybridized carbons (Fsp3) is 0.750. The number of hydrogen-bond acceptors (Lipinski definition) is 6. The van der Waals surface area contributed by atoms with Gasteiger partial charge in [0.1, 0.15) is 0 Å². The van der Waals surface area contributed by atoms with Crippen LogP contribution in [0.1, 0.15) is 19.8 Å². The average Bonchev–Trinajstić information content (AvgIpc) is 2.40. The third-order valence-corrected chi connectivity index (χ3v) is 3.23. The van der Waals surface area contributed by atoms with Crippen molar-refractivity contribution in [1.29, 1.82) is 0 Å². The Balaban J connectivity index is 1.94. The molecule has 1 N–H and O–H groups in total. The molecule has 0 bridgehead atoms. The van der Waals surface area contributed by atoms with Gasteiger partial charge in [0.2, 0.25) is 5.95 Å². The molecular formula is C12H21N5O. The number of rotatable bonds is 5. The molecule has 2 rings (SSSR count). The molecule has 1 aliphatic rings. The molecule has 1 saturated heterocycles. The Morgan fingerprint density at radius 3 is 2.94 bits per heavy atom. The van der Waals surface area contributed by atoms with E-state index in [0.29, 0.717) is 6.61 Å². The zero-order valence-corrected chi connectivity index (χ0v) is 11.1. The summed E-state index contributed by atoms with van der Waals surface area (Å²) in [6, 6.07) is 0. The van der Waals surface area contributed by atoms with Crippen LogP contribution in [0, 0.1) is 5.92 Å². The van der Waals surface area contributed by atoms with Crippen LogP contribution in [0.15, 0.2) is 6.20 Å². The summed E-state index contributed by atoms with van der Waals surface area (Å²) in [5, 5.41) is 11.3. The summed E-state index contributed by atoms with van der Waals surface area (Å²) in [6.07, 6.45) is 4.04. The van der Waals surface area contributed by atoms with Gasteiger partial charge >= 0.3 is 0 Å². The van der Waals surface area contributed by atoms with E-state index in [2.05, 4.69) is 32.3 Å². The molecule has 0 saturated carbocycles. The molecule has 0 spiro atoms. The maximum atomic E-state index is 4.99. The van der Waals surface area contributed by atoms with Gasteiger partial charge in [-0.3, -0.25) is 0 Å². The minimum atomic E-state index is 0.653. The Morgan fingerprint density at radius 1 is 1.44 bits per heavy atom. The van der Waals surface area contributed by atoms with Gasteiger partial charge in [0.15, 0.2) is 5.82 Å². The lowest BCUT2D eigenvalue weighted by molar-refractivity contribution is 0.210. The topological polar surface area (TPSA) is 63.2 Å². The van der Waals surface area contributed by atoms with Crippen molar-refractivity contribution in [3.63, 3.8) is 0 Å². The molecule has 0 atom stereocenters. The second-order valence-electron chi connectivity index (χ2n) is 4.73. The van der Waals surface area contributed by atoms with E-state index in [1.165, 1.54) is 12.8 Å². The van der Waals surface area contributed by atoms with E-state index < -0.39 is 0 Å². The first-order chi connectivity index (χ1) is 8.79. The molecule has 1 fully saturated rings. The zero-order valence-electron chi connectivity index (χ0n) is 11.1. The highest BCUT2D eigenvalue weighted by Crippen LogP contribution is 2.19. The van der Waals surface area contributed by atoms with Crippen LogP contribution in [0.25, 0.3) is 0 Å². The van der Waals surface area contributed by atoms with E-state index in [0.717, 1.165) is 37.3 Å². The van der Waals surface area contributed by atoms with Crippen molar-refractivity contribution in [3.8, 4) is 0 Å². The smallest absolute Gasteiger partial charge is 0.247 e. The summed E-state index contributed by atoms with van der Waals surface area (Å²) in [5.41, 5.74) is 0. The highest BCUT2D eigenvalue weighted by molar-refractivity contribution is 5.39. The predicted molar refractivity (Wildman–Crippen MR) is 70.8 cm³/mol. The number of ether oxygens (including phenoxy) is 1. The fourth-order valence-electron chi connectivity index (χ4n) is 2.00. The van der Waals surface area contributed by atoms with Crippen LogP contribution in [0.2, 0.25) is 0 Å². The van der Waals surface area contributed by atoms with E-state index >= 15 is 0 Å². The first-order valence-electron chi connectivity index (χ1n) is 6.47. The van der Waals surface area contributed by atoms with Gasteiger partial charge in [-0.2, -0.15) is 10.1 Å². The lowest BCUT2D eigenvalue weighted by Crippen LogP contribution is -2.34. The number of nitrogens with zero attached hydrogens (tertiary/aromatic N) is 4. The standard InChI is InChI=1S/C12H21N5O/c1-10-3-6-17(7-4-10)12-15-11(9-14-16-12)13-5-8-18-2/h9-10H,3-8H2,1-2H3,(H,13,15,16). The van der Waals surface area contributed by atoms with Crippen molar-refractivity contribution >= 4 is 11.8 Å². The summed E-state index contributed by atoms with van der Waals surface area (Å²) >= 11 is 0. The number of anilines is 2. The molecule has 0 unspecified atom stereocenters. The Bertz CT molecular complexity index is 365. The third kappa shape index (κ3) is 3.53. The van der Waals surface area contributed by atoms with Crippen molar-refractivity contribution < 1.29 is 4.74 Å². The first-order valence-corrected chi connectivity index (χ1v) is 6.47.